The smallest absolute Gasteiger partial charge is 0.340 e. The molecule has 1 aliphatic rings. The molecule has 8 heteroatoms. The maximum atomic E-state index is 13.3. The van der Waals surface area contributed by atoms with Crippen LogP contribution in [0.3, 0.4) is 0 Å². The highest BCUT2D eigenvalue weighted by atomic mass is 35.5. The van der Waals surface area contributed by atoms with Crippen LogP contribution in [0.25, 0.3) is 6.08 Å². The summed E-state index contributed by atoms with van der Waals surface area (Å²) in [5.74, 6) is -1.56. The van der Waals surface area contributed by atoms with Crippen molar-refractivity contribution in [3.05, 3.63) is 80.5 Å². The van der Waals surface area contributed by atoms with Crippen molar-refractivity contribution in [2.75, 3.05) is 19.1 Å². The molecule has 2 aromatic rings. The van der Waals surface area contributed by atoms with Crippen molar-refractivity contribution in [3.63, 3.8) is 0 Å². The fourth-order valence-electron chi connectivity index (χ4n) is 3.13. The summed E-state index contributed by atoms with van der Waals surface area (Å²) < 4.78 is 9.58. The van der Waals surface area contributed by atoms with Crippen LogP contribution in [0.4, 0.5) is 5.69 Å². The van der Waals surface area contributed by atoms with E-state index in [-0.39, 0.29) is 11.1 Å². The van der Waals surface area contributed by atoms with E-state index < -0.39 is 17.8 Å². The second kappa shape index (κ2) is 8.73. The van der Waals surface area contributed by atoms with E-state index in [4.69, 9.17) is 27.9 Å². The van der Waals surface area contributed by atoms with Crippen LogP contribution in [0, 0.1) is 0 Å². The van der Waals surface area contributed by atoms with Gasteiger partial charge in [-0.1, -0.05) is 29.3 Å². The number of halogens is 2. The molecule has 0 saturated heterocycles. The molecule has 0 spiro atoms. The lowest BCUT2D eigenvalue weighted by Gasteiger charge is -2.18. The van der Waals surface area contributed by atoms with Gasteiger partial charge in [-0.25, -0.2) is 9.59 Å². The highest BCUT2D eigenvalue weighted by molar-refractivity contribution is 6.36. The number of esters is 2. The van der Waals surface area contributed by atoms with E-state index in [0.717, 1.165) is 0 Å². The number of nitrogens with zero attached hydrogens (tertiary/aromatic N) is 1. The van der Waals surface area contributed by atoms with E-state index in [1.807, 2.05) is 0 Å². The Morgan fingerprint density at radius 1 is 0.967 bits per heavy atom. The molecule has 154 valence electrons. The van der Waals surface area contributed by atoms with Gasteiger partial charge >= 0.3 is 11.9 Å². The third-order valence-electron chi connectivity index (χ3n) is 4.60. The maximum Gasteiger partial charge on any atom is 0.340 e. The predicted octanol–water partition coefficient (Wildman–Crippen LogP) is 4.66. The molecule has 0 atom stereocenters. The van der Waals surface area contributed by atoms with E-state index in [2.05, 4.69) is 4.74 Å². The molecule has 0 unspecified atom stereocenters. The zero-order valence-corrected chi connectivity index (χ0v) is 17.9. The van der Waals surface area contributed by atoms with Crippen molar-refractivity contribution in [3.8, 4) is 0 Å². The Hall–Kier alpha value is -3.09. The number of amides is 1. The normalized spacial score (nSPS) is 15.0. The highest BCUT2D eigenvalue weighted by Gasteiger charge is 2.38. The van der Waals surface area contributed by atoms with E-state index >= 15 is 0 Å². The SMILES string of the molecule is COC(=O)C1=C(C)N(c2ccc(C(=O)OC)cc2)C(=O)/C1=C\c1ccc(Cl)cc1Cl. The maximum absolute atomic E-state index is 13.3. The molecule has 0 aromatic heterocycles. The molecule has 2 aromatic carbocycles. The molecule has 0 aliphatic carbocycles. The lowest BCUT2D eigenvalue weighted by molar-refractivity contribution is -0.136. The number of benzene rings is 2. The molecular weight excluding hydrogens is 429 g/mol. The Morgan fingerprint density at radius 3 is 2.17 bits per heavy atom. The Balaban J connectivity index is 2.10. The molecule has 0 saturated carbocycles. The Morgan fingerprint density at radius 2 is 1.60 bits per heavy atom. The third kappa shape index (κ3) is 3.97. The van der Waals surface area contributed by atoms with Gasteiger partial charge in [0, 0.05) is 21.4 Å². The van der Waals surface area contributed by atoms with Gasteiger partial charge in [0.05, 0.1) is 30.9 Å². The van der Waals surface area contributed by atoms with Crippen LogP contribution in [0.1, 0.15) is 22.8 Å². The van der Waals surface area contributed by atoms with Gasteiger partial charge in [-0.15, -0.1) is 0 Å². The third-order valence-corrected chi connectivity index (χ3v) is 5.16. The van der Waals surface area contributed by atoms with Crippen molar-refractivity contribution in [2.24, 2.45) is 0 Å². The number of carbonyl (C=O) groups excluding carboxylic acids is 3. The number of hydrogen-bond acceptors (Lipinski definition) is 5. The monoisotopic (exact) mass is 445 g/mol. The van der Waals surface area contributed by atoms with Gasteiger partial charge < -0.3 is 9.47 Å². The van der Waals surface area contributed by atoms with E-state index in [9.17, 15) is 14.4 Å². The molecule has 1 heterocycles. The van der Waals surface area contributed by atoms with Gasteiger partial charge in [0.2, 0.25) is 0 Å². The minimum absolute atomic E-state index is 0.130. The lowest BCUT2D eigenvalue weighted by atomic mass is 10.0. The number of allylic oxidation sites excluding steroid dienone is 1. The number of hydrogen-bond donors (Lipinski definition) is 0. The van der Waals surface area contributed by atoms with Crippen LogP contribution in [0.15, 0.2) is 59.3 Å². The molecule has 3 rings (SSSR count). The number of ether oxygens (including phenoxy) is 2. The number of anilines is 1. The quantitative estimate of drug-likeness (QED) is 0.505. The average molecular weight is 446 g/mol. The first kappa shape index (κ1) is 21.6. The molecule has 0 fully saturated rings. The minimum atomic E-state index is -0.647. The summed E-state index contributed by atoms with van der Waals surface area (Å²) >= 11 is 12.2. The van der Waals surface area contributed by atoms with Crippen LogP contribution < -0.4 is 4.90 Å². The van der Waals surface area contributed by atoms with Crippen LogP contribution in [0.5, 0.6) is 0 Å². The summed E-state index contributed by atoms with van der Waals surface area (Å²) in [6.45, 7) is 1.64. The van der Waals surface area contributed by atoms with Crippen molar-refractivity contribution >= 4 is 52.8 Å². The first-order chi connectivity index (χ1) is 14.3. The van der Waals surface area contributed by atoms with Crippen LogP contribution >= 0.6 is 23.2 Å². The van der Waals surface area contributed by atoms with Gasteiger partial charge in [-0.2, -0.15) is 0 Å². The number of methoxy groups -OCH3 is 2. The van der Waals surface area contributed by atoms with E-state index in [0.29, 0.717) is 32.6 Å². The van der Waals surface area contributed by atoms with Crippen molar-refractivity contribution in [1.29, 1.82) is 0 Å². The highest BCUT2D eigenvalue weighted by Crippen LogP contribution is 2.36. The summed E-state index contributed by atoms with van der Waals surface area (Å²) in [5.41, 5.74) is 2.02. The molecule has 1 aliphatic heterocycles. The first-order valence-corrected chi connectivity index (χ1v) is 9.53. The Labute approximate surface area is 183 Å². The minimum Gasteiger partial charge on any atom is -0.465 e. The molecule has 0 radical (unpaired) electrons. The molecule has 0 N–H and O–H groups in total. The first-order valence-electron chi connectivity index (χ1n) is 8.77. The lowest BCUT2D eigenvalue weighted by Crippen LogP contribution is -2.24. The van der Waals surface area contributed by atoms with Crippen LogP contribution in [-0.2, 0) is 19.1 Å². The van der Waals surface area contributed by atoms with Gasteiger partial charge in [0.15, 0.2) is 0 Å². The summed E-state index contributed by atoms with van der Waals surface area (Å²) in [6.07, 6.45) is 1.53. The molecule has 30 heavy (non-hydrogen) atoms. The standard InChI is InChI=1S/C22H17Cl2NO5/c1-12-19(22(28)30-3)17(10-14-4-7-15(23)11-18(14)24)20(26)25(12)16-8-5-13(6-9-16)21(27)29-2/h4-11H,1-3H3/b17-10-. The molecule has 1 amide bonds. The van der Waals surface area contributed by atoms with Crippen LogP contribution in [0.2, 0.25) is 10.0 Å². The molecule has 0 bridgehead atoms. The van der Waals surface area contributed by atoms with Gasteiger partial charge in [0.25, 0.3) is 5.91 Å². The summed E-state index contributed by atoms with van der Waals surface area (Å²) in [7, 11) is 2.53. The van der Waals surface area contributed by atoms with Gasteiger partial charge in [-0.05, 0) is 55.0 Å². The zero-order valence-electron chi connectivity index (χ0n) is 16.4. The van der Waals surface area contributed by atoms with Crippen molar-refractivity contribution in [2.45, 2.75) is 6.92 Å². The van der Waals surface area contributed by atoms with Crippen molar-refractivity contribution < 1.29 is 23.9 Å². The van der Waals surface area contributed by atoms with Crippen LogP contribution in [-0.4, -0.2) is 32.1 Å². The number of carbonyl (C=O) groups is 3. The molecule has 6 nitrogen and oxygen atoms in total. The van der Waals surface area contributed by atoms with Gasteiger partial charge in [-0.3, -0.25) is 9.69 Å². The van der Waals surface area contributed by atoms with Crippen molar-refractivity contribution in [1.82, 2.24) is 0 Å². The second-order valence-electron chi connectivity index (χ2n) is 6.35. The molecular formula is C22H17Cl2NO5. The summed E-state index contributed by atoms with van der Waals surface area (Å²) in [5, 5.41) is 0.790. The number of rotatable bonds is 4. The Kier molecular flexibility index (Phi) is 6.29. The predicted molar refractivity (Wildman–Crippen MR) is 114 cm³/mol. The largest absolute Gasteiger partial charge is 0.465 e. The van der Waals surface area contributed by atoms with E-state index in [1.54, 1.807) is 37.3 Å². The fraction of sp³-hybridized carbons (Fsp3) is 0.136. The average Bonchev–Trinajstić information content (AvgIpc) is 2.98. The van der Waals surface area contributed by atoms with E-state index in [1.165, 1.54) is 37.3 Å². The second-order valence-corrected chi connectivity index (χ2v) is 7.20. The Bertz CT molecular complexity index is 1100. The topological polar surface area (TPSA) is 72.9 Å². The summed E-state index contributed by atoms with van der Waals surface area (Å²) in [6, 6.07) is 11.1. The summed E-state index contributed by atoms with van der Waals surface area (Å²) in [4.78, 5) is 38.7. The van der Waals surface area contributed by atoms with Gasteiger partial charge in [0.1, 0.15) is 0 Å². The zero-order chi connectivity index (χ0) is 22.0. The fourth-order valence-corrected chi connectivity index (χ4v) is 3.59.